The maximum Gasteiger partial charge on any atom is 0.253 e. The van der Waals surface area contributed by atoms with Gasteiger partial charge in [0.25, 0.3) is 5.91 Å². The molecule has 3 heterocycles. The van der Waals surface area contributed by atoms with Crippen molar-refractivity contribution in [3.8, 4) is 5.75 Å². The molecule has 0 unspecified atom stereocenters. The number of hydrogen-bond donors (Lipinski definition) is 0. The first-order valence-electron chi connectivity index (χ1n) is 10.3. The van der Waals surface area contributed by atoms with Crippen LogP contribution in [0.5, 0.6) is 5.75 Å². The van der Waals surface area contributed by atoms with Crippen LogP contribution in [0.4, 0.5) is 5.82 Å². The van der Waals surface area contributed by atoms with Crippen LogP contribution in [0.1, 0.15) is 34.5 Å². The zero-order valence-corrected chi connectivity index (χ0v) is 16.7. The number of aromatic nitrogens is 3. The first-order valence-corrected chi connectivity index (χ1v) is 10.3. The van der Waals surface area contributed by atoms with Crippen molar-refractivity contribution >= 4 is 17.2 Å². The molecule has 0 N–H and O–H groups in total. The Kier molecular flexibility index (Phi) is 4.58. The number of piperazine rings is 1. The maximum absolute atomic E-state index is 12.8. The number of nitrogens with zero attached hydrogens (tertiary/aromatic N) is 5. The van der Waals surface area contributed by atoms with Crippen LogP contribution in [0, 0.1) is 0 Å². The van der Waals surface area contributed by atoms with Gasteiger partial charge in [-0.2, -0.15) is 5.10 Å². The second-order valence-corrected chi connectivity index (χ2v) is 7.68. The van der Waals surface area contributed by atoms with Crippen molar-refractivity contribution in [2.75, 3.05) is 38.2 Å². The summed E-state index contributed by atoms with van der Waals surface area (Å²) >= 11 is 0. The van der Waals surface area contributed by atoms with E-state index >= 15 is 0 Å². The van der Waals surface area contributed by atoms with E-state index in [2.05, 4.69) is 4.90 Å². The highest BCUT2D eigenvalue weighted by molar-refractivity contribution is 5.94. The number of carbonyl (C=O) groups is 1. The minimum absolute atomic E-state index is 0.0696. The van der Waals surface area contributed by atoms with Crippen LogP contribution in [0.15, 0.2) is 36.7 Å². The Labute approximate surface area is 169 Å². The lowest BCUT2D eigenvalue weighted by molar-refractivity contribution is 0.0746. The average Bonchev–Trinajstić information content (AvgIpc) is 3.18. The maximum atomic E-state index is 12.8. The molecular formula is C22H25N5O2. The summed E-state index contributed by atoms with van der Waals surface area (Å²) in [5.41, 5.74) is 4.43. The summed E-state index contributed by atoms with van der Waals surface area (Å²) in [6.45, 7) is 2.91. The van der Waals surface area contributed by atoms with Crippen LogP contribution >= 0.6 is 0 Å². The quantitative estimate of drug-likeness (QED) is 0.687. The van der Waals surface area contributed by atoms with Crippen molar-refractivity contribution in [2.45, 2.75) is 25.7 Å². The predicted octanol–water partition coefficient (Wildman–Crippen LogP) is 2.58. The number of fused-ring (bicyclic) bond motifs is 3. The van der Waals surface area contributed by atoms with E-state index in [1.165, 1.54) is 24.1 Å². The van der Waals surface area contributed by atoms with Gasteiger partial charge in [0.05, 0.1) is 12.8 Å². The van der Waals surface area contributed by atoms with E-state index in [-0.39, 0.29) is 5.91 Å². The van der Waals surface area contributed by atoms with Gasteiger partial charge in [0.1, 0.15) is 11.3 Å². The van der Waals surface area contributed by atoms with Crippen LogP contribution in [0.25, 0.3) is 5.52 Å². The lowest BCUT2D eigenvalue weighted by atomic mass is 9.97. The number of ether oxygens (including phenoxy) is 1. The van der Waals surface area contributed by atoms with Gasteiger partial charge in [0, 0.05) is 49.7 Å². The van der Waals surface area contributed by atoms with Gasteiger partial charge >= 0.3 is 0 Å². The van der Waals surface area contributed by atoms with Crippen molar-refractivity contribution in [2.24, 2.45) is 0 Å². The zero-order chi connectivity index (χ0) is 19.8. The van der Waals surface area contributed by atoms with Gasteiger partial charge in [-0.15, -0.1) is 0 Å². The highest BCUT2D eigenvalue weighted by Crippen LogP contribution is 2.30. The van der Waals surface area contributed by atoms with Crippen molar-refractivity contribution in [1.29, 1.82) is 0 Å². The highest BCUT2D eigenvalue weighted by Gasteiger charge is 2.26. The van der Waals surface area contributed by atoms with Crippen LogP contribution in [-0.2, 0) is 12.8 Å². The molecule has 5 rings (SSSR count). The molecule has 0 bridgehead atoms. The molecule has 0 saturated carbocycles. The number of hydrogen-bond acceptors (Lipinski definition) is 5. The van der Waals surface area contributed by atoms with Crippen LogP contribution < -0.4 is 9.64 Å². The molecule has 1 aliphatic heterocycles. The fourth-order valence-corrected chi connectivity index (χ4v) is 4.42. The van der Waals surface area contributed by atoms with E-state index in [1.54, 1.807) is 7.11 Å². The molecular weight excluding hydrogens is 366 g/mol. The summed E-state index contributed by atoms with van der Waals surface area (Å²) in [4.78, 5) is 21.8. The number of carbonyl (C=O) groups excluding carboxylic acids is 1. The second kappa shape index (κ2) is 7.39. The largest absolute Gasteiger partial charge is 0.497 e. The summed E-state index contributed by atoms with van der Waals surface area (Å²) < 4.78 is 7.17. The Hall–Kier alpha value is -3.09. The fraction of sp³-hybridized carbons (Fsp3) is 0.409. The Morgan fingerprint density at radius 1 is 1.03 bits per heavy atom. The first-order chi connectivity index (χ1) is 14.2. The van der Waals surface area contributed by atoms with Crippen LogP contribution in [0.3, 0.4) is 0 Å². The summed E-state index contributed by atoms with van der Waals surface area (Å²) in [5.74, 6) is 1.83. The third kappa shape index (κ3) is 3.20. The van der Waals surface area contributed by atoms with E-state index in [0.29, 0.717) is 18.7 Å². The van der Waals surface area contributed by atoms with Gasteiger partial charge in [-0.3, -0.25) is 4.79 Å². The van der Waals surface area contributed by atoms with Crippen molar-refractivity contribution in [1.82, 2.24) is 19.5 Å². The number of aryl methyl sites for hydroxylation is 2. The molecule has 1 saturated heterocycles. The summed E-state index contributed by atoms with van der Waals surface area (Å²) in [7, 11) is 1.63. The Bertz CT molecular complexity index is 1040. The molecule has 7 heteroatoms. The van der Waals surface area contributed by atoms with Crippen LogP contribution in [0.2, 0.25) is 0 Å². The first kappa shape index (κ1) is 18.0. The van der Waals surface area contributed by atoms with Gasteiger partial charge in [-0.25, -0.2) is 9.50 Å². The van der Waals surface area contributed by atoms with Gasteiger partial charge < -0.3 is 14.5 Å². The molecule has 2 aromatic heterocycles. The third-order valence-corrected chi connectivity index (χ3v) is 6.00. The molecule has 0 radical (unpaired) electrons. The molecule has 150 valence electrons. The van der Waals surface area contributed by atoms with Gasteiger partial charge in [-0.05, 0) is 49.9 Å². The number of rotatable bonds is 3. The minimum atomic E-state index is 0.0696. The predicted molar refractivity (Wildman–Crippen MR) is 111 cm³/mol. The Morgan fingerprint density at radius 3 is 2.55 bits per heavy atom. The van der Waals surface area contributed by atoms with E-state index in [1.807, 2.05) is 46.1 Å². The monoisotopic (exact) mass is 391 g/mol. The second-order valence-electron chi connectivity index (χ2n) is 7.68. The molecule has 1 amide bonds. The van der Waals surface area contributed by atoms with Gasteiger partial charge in [0.15, 0.2) is 5.82 Å². The highest BCUT2D eigenvalue weighted by atomic mass is 16.5. The molecule has 29 heavy (non-hydrogen) atoms. The molecule has 1 aliphatic carbocycles. The molecule has 7 nitrogen and oxygen atoms in total. The van der Waals surface area contributed by atoms with E-state index < -0.39 is 0 Å². The van der Waals surface area contributed by atoms with Crippen LogP contribution in [-0.4, -0.2) is 58.7 Å². The molecule has 1 fully saturated rings. The van der Waals surface area contributed by atoms with E-state index in [0.717, 1.165) is 43.0 Å². The normalized spacial score (nSPS) is 16.7. The Morgan fingerprint density at radius 2 is 1.79 bits per heavy atom. The molecule has 0 spiro atoms. The topological polar surface area (TPSA) is 63.0 Å². The molecule has 1 aromatic carbocycles. The number of amides is 1. The Balaban J connectivity index is 1.34. The number of methoxy groups -OCH3 is 1. The lowest BCUT2D eigenvalue weighted by Crippen LogP contribution is -2.49. The average molecular weight is 391 g/mol. The standard InChI is InChI=1S/C22H25N5O2/c1-29-17-8-6-16(7-9-17)22(28)26-14-12-25(13-15-26)21-20-18-4-2-3-5-19(18)24-27(20)11-10-23-21/h6-11H,2-5,12-15H2,1H3. The smallest absolute Gasteiger partial charge is 0.253 e. The zero-order valence-electron chi connectivity index (χ0n) is 16.7. The molecule has 3 aromatic rings. The van der Waals surface area contributed by atoms with Gasteiger partial charge in [-0.1, -0.05) is 0 Å². The van der Waals surface area contributed by atoms with Crippen molar-refractivity contribution < 1.29 is 9.53 Å². The minimum Gasteiger partial charge on any atom is -0.497 e. The van der Waals surface area contributed by atoms with E-state index in [4.69, 9.17) is 14.8 Å². The van der Waals surface area contributed by atoms with Crippen molar-refractivity contribution in [3.63, 3.8) is 0 Å². The summed E-state index contributed by atoms with van der Waals surface area (Å²) in [6.07, 6.45) is 8.34. The molecule has 0 atom stereocenters. The SMILES string of the molecule is COc1ccc(C(=O)N2CCN(c3nccn4nc5c(c34)CCCC5)CC2)cc1. The lowest BCUT2D eigenvalue weighted by Gasteiger charge is -2.35. The fourth-order valence-electron chi connectivity index (χ4n) is 4.42. The summed E-state index contributed by atoms with van der Waals surface area (Å²) in [5, 5.41) is 4.78. The van der Waals surface area contributed by atoms with Gasteiger partial charge in [0.2, 0.25) is 0 Å². The number of anilines is 1. The van der Waals surface area contributed by atoms with Crippen molar-refractivity contribution in [3.05, 3.63) is 53.5 Å². The van der Waals surface area contributed by atoms with E-state index in [9.17, 15) is 4.79 Å². The molecule has 2 aliphatic rings. The summed E-state index contributed by atoms with van der Waals surface area (Å²) in [6, 6.07) is 7.32. The number of benzene rings is 1. The third-order valence-electron chi connectivity index (χ3n) is 6.00.